The van der Waals surface area contributed by atoms with Crippen LogP contribution in [0.25, 0.3) is 0 Å². The smallest absolute Gasteiger partial charge is 0.0681 e. The van der Waals surface area contributed by atoms with Crippen LogP contribution in [0, 0.1) is 0 Å². The average Bonchev–Trinajstić information content (AvgIpc) is 3.02. The fraction of sp³-hybridized carbons (Fsp3) is 0.611. The zero-order valence-electron chi connectivity index (χ0n) is 14.8. The molecule has 2 N–H and O–H groups in total. The summed E-state index contributed by atoms with van der Waals surface area (Å²) >= 11 is 0. The summed E-state index contributed by atoms with van der Waals surface area (Å²) in [6.07, 6.45) is 1.96. The van der Waals surface area contributed by atoms with E-state index in [0.717, 1.165) is 19.6 Å². The molecule has 0 aliphatic rings. The van der Waals surface area contributed by atoms with Gasteiger partial charge in [-0.1, -0.05) is 41.5 Å². The maximum Gasteiger partial charge on any atom is 0.0681 e. The molecule has 2 heterocycles. The summed E-state index contributed by atoms with van der Waals surface area (Å²) < 4.78 is 2.17. The SMILES string of the molecule is CC(C)(C)c1cc(C(C)(C)C)n(CCNCc2ccc[nH]2)n1. The molecular weight excluding hydrogens is 272 g/mol. The maximum absolute atomic E-state index is 4.85. The Morgan fingerprint density at radius 3 is 2.41 bits per heavy atom. The van der Waals surface area contributed by atoms with E-state index in [9.17, 15) is 0 Å². The van der Waals surface area contributed by atoms with Crippen LogP contribution in [0.15, 0.2) is 24.4 Å². The van der Waals surface area contributed by atoms with Gasteiger partial charge in [0.1, 0.15) is 0 Å². The molecule has 0 aromatic carbocycles. The highest BCUT2D eigenvalue weighted by Gasteiger charge is 2.25. The number of hydrogen-bond acceptors (Lipinski definition) is 2. The fourth-order valence-corrected chi connectivity index (χ4v) is 2.44. The molecule has 2 aromatic heterocycles. The Morgan fingerprint density at radius 1 is 1.14 bits per heavy atom. The molecular formula is C18H30N4. The van der Waals surface area contributed by atoms with Crippen molar-refractivity contribution < 1.29 is 0 Å². The molecule has 22 heavy (non-hydrogen) atoms. The van der Waals surface area contributed by atoms with Crippen molar-refractivity contribution in [1.82, 2.24) is 20.1 Å². The molecule has 0 aliphatic heterocycles. The first kappa shape index (κ1) is 16.8. The number of aromatic amines is 1. The molecule has 0 fully saturated rings. The molecule has 0 saturated carbocycles. The third-order valence-corrected chi connectivity index (χ3v) is 3.80. The minimum Gasteiger partial charge on any atom is -0.364 e. The number of nitrogens with zero attached hydrogens (tertiary/aromatic N) is 2. The van der Waals surface area contributed by atoms with Gasteiger partial charge in [0, 0.05) is 41.5 Å². The molecule has 0 amide bonds. The number of hydrogen-bond donors (Lipinski definition) is 2. The minimum absolute atomic E-state index is 0.0862. The predicted molar refractivity (Wildman–Crippen MR) is 92.1 cm³/mol. The van der Waals surface area contributed by atoms with Crippen molar-refractivity contribution in [2.45, 2.75) is 65.5 Å². The van der Waals surface area contributed by atoms with Crippen molar-refractivity contribution in [2.24, 2.45) is 0 Å². The van der Waals surface area contributed by atoms with Gasteiger partial charge in [-0.25, -0.2) is 0 Å². The topological polar surface area (TPSA) is 45.6 Å². The Kier molecular flexibility index (Phi) is 4.81. The van der Waals surface area contributed by atoms with Gasteiger partial charge in [0.15, 0.2) is 0 Å². The molecule has 0 saturated heterocycles. The summed E-state index contributed by atoms with van der Waals surface area (Å²) in [4.78, 5) is 3.21. The molecule has 0 bridgehead atoms. The number of H-pyrrole nitrogens is 1. The normalized spacial score (nSPS) is 12.8. The van der Waals surface area contributed by atoms with Crippen LogP contribution in [-0.2, 0) is 23.9 Å². The van der Waals surface area contributed by atoms with Gasteiger partial charge in [-0.2, -0.15) is 5.10 Å². The van der Waals surface area contributed by atoms with Crippen LogP contribution >= 0.6 is 0 Å². The lowest BCUT2D eigenvalue weighted by Crippen LogP contribution is -2.25. The van der Waals surface area contributed by atoms with E-state index in [-0.39, 0.29) is 10.8 Å². The fourth-order valence-electron chi connectivity index (χ4n) is 2.44. The summed E-state index contributed by atoms with van der Waals surface area (Å²) in [5, 5.41) is 8.32. The quantitative estimate of drug-likeness (QED) is 0.829. The Morgan fingerprint density at radius 2 is 1.86 bits per heavy atom. The first-order valence-corrected chi connectivity index (χ1v) is 8.10. The van der Waals surface area contributed by atoms with Crippen LogP contribution < -0.4 is 5.32 Å². The highest BCUT2D eigenvalue weighted by atomic mass is 15.3. The summed E-state index contributed by atoms with van der Waals surface area (Å²) in [7, 11) is 0. The van der Waals surface area contributed by atoms with E-state index in [1.54, 1.807) is 0 Å². The Hall–Kier alpha value is -1.55. The standard InChI is InChI=1S/C18H30N4/c1-17(2,3)15-12-16(18(4,5)6)22(21-15)11-10-19-13-14-8-7-9-20-14/h7-9,12,19-20H,10-11,13H2,1-6H3. The Bertz CT molecular complexity index is 580. The van der Waals surface area contributed by atoms with Gasteiger partial charge in [0.05, 0.1) is 12.2 Å². The van der Waals surface area contributed by atoms with Gasteiger partial charge in [0.25, 0.3) is 0 Å². The van der Waals surface area contributed by atoms with Crippen molar-refractivity contribution in [3.63, 3.8) is 0 Å². The monoisotopic (exact) mass is 302 g/mol. The van der Waals surface area contributed by atoms with E-state index in [1.807, 2.05) is 12.3 Å². The van der Waals surface area contributed by atoms with Gasteiger partial charge in [0.2, 0.25) is 0 Å². The van der Waals surface area contributed by atoms with E-state index in [1.165, 1.54) is 17.1 Å². The van der Waals surface area contributed by atoms with Crippen molar-refractivity contribution in [1.29, 1.82) is 0 Å². The highest BCUT2D eigenvalue weighted by molar-refractivity contribution is 5.22. The van der Waals surface area contributed by atoms with Crippen LogP contribution in [-0.4, -0.2) is 21.3 Å². The van der Waals surface area contributed by atoms with E-state index in [0.29, 0.717) is 0 Å². The van der Waals surface area contributed by atoms with Crippen LogP contribution in [0.1, 0.15) is 58.6 Å². The van der Waals surface area contributed by atoms with E-state index in [2.05, 4.69) is 68.7 Å². The van der Waals surface area contributed by atoms with Gasteiger partial charge in [-0.3, -0.25) is 4.68 Å². The van der Waals surface area contributed by atoms with Gasteiger partial charge < -0.3 is 10.3 Å². The van der Waals surface area contributed by atoms with Crippen LogP contribution in [0.2, 0.25) is 0 Å². The van der Waals surface area contributed by atoms with Gasteiger partial charge >= 0.3 is 0 Å². The zero-order valence-corrected chi connectivity index (χ0v) is 14.8. The molecule has 4 nitrogen and oxygen atoms in total. The van der Waals surface area contributed by atoms with Crippen LogP contribution in [0.4, 0.5) is 0 Å². The second-order valence-electron chi connectivity index (χ2n) is 8.01. The van der Waals surface area contributed by atoms with Crippen LogP contribution in [0.3, 0.4) is 0 Å². The molecule has 0 spiro atoms. The lowest BCUT2D eigenvalue weighted by molar-refractivity contribution is 0.462. The average molecular weight is 302 g/mol. The van der Waals surface area contributed by atoms with Crippen molar-refractivity contribution >= 4 is 0 Å². The summed E-state index contributed by atoms with van der Waals surface area (Å²) in [6.45, 7) is 16.1. The first-order chi connectivity index (χ1) is 10.2. The lowest BCUT2D eigenvalue weighted by atomic mass is 9.88. The van der Waals surface area contributed by atoms with Crippen molar-refractivity contribution in [2.75, 3.05) is 6.54 Å². The summed E-state index contributed by atoms with van der Waals surface area (Å²) in [5.74, 6) is 0. The van der Waals surface area contributed by atoms with E-state index in [4.69, 9.17) is 5.10 Å². The predicted octanol–water partition coefficient (Wildman–Crippen LogP) is 3.60. The molecule has 122 valence electrons. The Balaban J connectivity index is 2.03. The van der Waals surface area contributed by atoms with E-state index >= 15 is 0 Å². The number of aromatic nitrogens is 3. The highest BCUT2D eigenvalue weighted by Crippen LogP contribution is 2.28. The zero-order chi connectivity index (χ0) is 16.4. The second-order valence-corrected chi connectivity index (χ2v) is 8.01. The number of nitrogens with one attached hydrogen (secondary N) is 2. The molecule has 2 aromatic rings. The number of rotatable bonds is 5. The van der Waals surface area contributed by atoms with Crippen molar-refractivity contribution in [3.8, 4) is 0 Å². The van der Waals surface area contributed by atoms with Crippen molar-refractivity contribution in [3.05, 3.63) is 41.5 Å². The third-order valence-electron chi connectivity index (χ3n) is 3.80. The summed E-state index contributed by atoms with van der Waals surface area (Å²) in [5.41, 5.74) is 3.88. The molecule has 0 atom stereocenters. The maximum atomic E-state index is 4.85. The lowest BCUT2D eigenvalue weighted by Gasteiger charge is -2.20. The van der Waals surface area contributed by atoms with Crippen LogP contribution in [0.5, 0.6) is 0 Å². The molecule has 0 radical (unpaired) electrons. The van der Waals surface area contributed by atoms with E-state index < -0.39 is 0 Å². The van der Waals surface area contributed by atoms with Gasteiger partial charge in [-0.05, 0) is 18.2 Å². The van der Waals surface area contributed by atoms with Gasteiger partial charge in [-0.15, -0.1) is 0 Å². The first-order valence-electron chi connectivity index (χ1n) is 8.10. The molecule has 0 aliphatic carbocycles. The second kappa shape index (κ2) is 6.29. The molecule has 4 heteroatoms. The molecule has 2 rings (SSSR count). The Labute approximate surface area is 134 Å². The largest absolute Gasteiger partial charge is 0.364 e. The minimum atomic E-state index is 0.0862. The summed E-state index contributed by atoms with van der Waals surface area (Å²) in [6, 6.07) is 6.39. The third kappa shape index (κ3) is 4.23. The molecule has 0 unspecified atom stereocenters.